The number of nitrogens with one attached hydrogen (secondary N) is 1. The molecule has 1 saturated heterocycles. The van der Waals surface area contributed by atoms with E-state index in [1.54, 1.807) is 6.20 Å². The number of nitrogens with zero attached hydrogens (tertiary/aromatic N) is 2. The van der Waals surface area contributed by atoms with Gasteiger partial charge < -0.3 is 15.4 Å². The Labute approximate surface area is 82.9 Å². The molecule has 0 amide bonds. The molecule has 5 nitrogen and oxygen atoms in total. The van der Waals surface area contributed by atoms with Gasteiger partial charge in [0.25, 0.3) is 0 Å². The van der Waals surface area contributed by atoms with E-state index < -0.39 is 7.12 Å². The Kier molecular flexibility index (Phi) is 2.86. The molecule has 0 spiro atoms. The molecular weight excluding hydrogens is 181 g/mol. The van der Waals surface area contributed by atoms with E-state index >= 15 is 0 Å². The van der Waals surface area contributed by atoms with E-state index in [0.29, 0.717) is 11.5 Å². The molecule has 0 aromatic carbocycles. The lowest BCUT2D eigenvalue weighted by Crippen LogP contribution is -2.31. The van der Waals surface area contributed by atoms with Gasteiger partial charge in [0.2, 0.25) is 0 Å². The first-order valence-corrected chi connectivity index (χ1v) is 4.88. The largest absolute Gasteiger partial charge is 0.491 e. The van der Waals surface area contributed by atoms with Crippen molar-refractivity contribution in [2.24, 2.45) is 0 Å². The molecule has 0 bridgehead atoms. The van der Waals surface area contributed by atoms with Crippen LogP contribution in [0.5, 0.6) is 0 Å². The van der Waals surface area contributed by atoms with Crippen molar-refractivity contribution >= 4 is 12.6 Å². The van der Waals surface area contributed by atoms with Crippen LogP contribution in [0.15, 0.2) is 12.4 Å². The summed E-state index contributed by atoms with van der Waals surface area (Å²) in [5.41, 5.74) is 0.462. The minimum Gasteiger partial charge on any atom is -0.423 e. The second kappa shape index (κ2) is 4.12. The summed E-state index contributed by atoms with van der Waals surface area (Å²) in [5.74, 6) is 0. The first kappa shape index (κ1) is 9.70. The van der Waals surface area contributed by atoms with Gasteiger partial charge in [0, 0.05) is 17.9 Å². The number of rotatable bonds is 2. The Hall–Kier alpha value is -0.845. The first-order valence-electron chi connectivity index (χ1n) is 4.88. The zero-order valence-electron chi connectivity index (χ0n) is 7.93. The maximum Gasteiger partial charge on any atom is 0.491 e. The molecule has 0 atom stereocenters. The van der Waals surface area contributed by atoms with Crippen LogP contribution in [0.1, 0.15) is 18.9 Å². The van der Waals surface area contributed by atoms with Gasteiger partial charge in [-0.15, -0.1) is 0 Å². The van der Waals surface area contributed by atoms with E-state index in [1.165, 1.54) is 6.20 Å². The van der Waals surface area contributed by atoms with Gasteiger partial charge in [0.05, 0.1) is 6.04 Å². The highest BCUT2D eigenvalue weighted by molar-refractivity contribution is 6.58. The lowest BCUT2D eigenvalue weighted by atomic mass is 9.83. The zero-order chi connectivity index (χ0) is 9.97. The van der Waals surface area contributed by atoms with Crippen molar-refractivity contribution in [1.82, 2.24) is 15.1 Å². The molecule has 6 heteroatoms. The number of aromatic nitrogens is 2. The molecular formula is C8H14BN3O2. The van der Waals surface area contributed by atoms with Gasteiger partial charge in [-0.2, -0.15) is 5.10 Å². The molecule has 1 fully saturated rings. The topological polar surface area (TPSA) is 70.3 Å². The van der Waals surface area contributed by atoms with Crippen LogP contribution in [0.25, 0.3) is 0 Å². The third-order valence-electron chi connectivity index (χ3n) is 2.60. The van der Waals surface area contributed by atoms with Gasteiger partial charge in [0.1, 0.15) is 0 Å². The maximum absolute atomic E-state index is 8.93. The molecule has 1 aliphatic rings. The summed E-state index contributed by atoms with van der Waals surface area (Å²) in [6.45, 7) is 2.00. The van der Waals surface area contributed by atoms with Crippen molar-refractivity contribution in [2.75, 3.05) is 13.1 Å². The van der Waals surface area contributed by atoms with Gasteiger partial charge in [-0.3, -0.25) is 4.68 Å². The smallest absolute Gasteiger partial charge is 0.423 e. The summed E-state index contributed by atoms with van der Waals surface area (Å²) in [6, 6.07) is 0.392. The molecule has 0 unspecified atom stereocenters. The Morgan fingerprint density at radius 2 is 2.14 bits per heavy atom. The molecule has 1 aliphatic heterocycles. The van der Waals surface area contributed by atoms with E-state index in [4.69, 9.17) is 10.0 Å². The highest BCUT2D eigenvalue weighted by atomic mass is 16.4. The molecule has 0 radical (unpaired) electrons. The maximum atomic E-state index is 8.93. The van der Waals surface area contributed by atoms with E-state index in [-0.39, 0.29) is 0 Å². The Bertz CT molecular complexity index is 297. The van der Waals surface area contributed by atoms with Gasteiger partial charge in [-0.05, 0) is 25.9 Å². The molecule has 14 heavy (non-hydrogen) atoms. The standard InChI is InChI=1S/C8H14BN3O2/c13-9(14)7-5-11-12(6-7)8-1-3-10-4-2-8/h5-6,8,10,13-14H,1-4H2. The van der Waals surface area contributed by atoms with Crippen LogP contribution < -0.4 is 10.8 Å². The molecule has 0 aliphatic carbocycles. The third-order valence-corrected chi connectivity index (χ3v) is 2.60. The molecule has 0 saturated carbocycles. The number of hydrogen-bond acceptors (Lipinski definition) is 4. The highest BCUT2D eigenvalue weighted by Gasteiger charge is 2.18. The van der Waals surface area contributed by atoms with E-state index in [9.17, 15) is 0 Å². The van der Waals surface area contributed by atoms with Crippen LogP contribution >= 0.6 is 0 Å². The zero-order valence-corrected chi connectivity index (χ0v) is 7.93. The fraction of sp³-hybridized carbons (Fsp3) is 0.625. The summed E-state index contributed by atoms with van der Waals surface area (Å²) in [6.07, 6.45) is 5.30. The molecule has 1 aromatic rings. The Balaban J connectivity index is 2.07. The second-order valence-corrected chi connectivity index (χ2v) is 3.61. The van der Waals surface area contributed by atoms with Crippen LogP contribution in [0.3, 0.4) is 0 Å². The first-order chi connectivity index (χ1) is 6.77. The van der Waals surface area contributed by atoms with Gasteiger partial charge >= 0.3 is 7.12 Å². The average Bonchev–Trinajstić information content (AvgIpc) is 2.68. The lowest BCUT2D eigenvalue weighted by molar-refractivity contribution is 0.343. The third kappa shape index (κ3) is 1.97. The fourth-order valence-corrected chi connectivity index (χ4v) is 1.76. The van der Waals surface area contributed by atoms with Crippen molar-refractivity contribution in [3.8, 4) is 0 Å². The monoisotopic (exact) mass is 195 g/mol. The Morgan fingerprint density at radius 3 is 2.71 bits per heavy atom. The summed E-state index contributed by atoms with van der Waals surface area (Å²) in [4.78, 5) is 0. The SMILES string of the molecule is OB(O)c1cnn(C2CCNCC2)c1. The van der Waals surface area contributed by atoms with E-state index in [0.717, 1.165) is 25.9 Å². The molecule has 1 aromatic heterocycles. The molecule has 3 N–H and O–H groups in total. The predicted octanol–water partition coefficient (Wildman–Crippen LogP) is -1.51. The summed E-state index contributed by atoms with van der Waals surface area (Å²) >= 11 is 0. The number of hydrogen-bond donors (Lipinski definition) is 3. The van der Waals surface area contributed by atoms with Gasteiger partial charge in [-0.25, -0.2) is 0 Å². The van der Waals surface area contributed by atoms with Crippen molar-refractivity contribution in [1.29, 1.82) is 0 Å². The molecule has 2 rings (SSSR count). The van der Waals surface area contributed by atoms with Crippen LogP contribution in [0.4, 0.5) is 0 Å². The summed E-state index contributed by atoms with van der Waals surface area (Å²) < 4.78 is 1.83. The van der Waals surface area contributed by atoms with Gasteiger partial charge in [0.15, 0.2) is 0 Å². The van der Waals surface area contributed by atoms with E-state index in [1.807, 2.05) is 4.68 Å². The van der Waals surface area contributed by atoms with Crippen molar-refractivity contribution in [3.05, 3.63) is 12.4 Å². The normalized spacial score (nSPS) is 18.4. The lowest BCUT2D eigenvalue weighted by Gasteiger charge is -2.22. The molecule has 76 valence electrons. The minimum absolute atomic E-state index is 0.392. The fourth-order valence-electron chi connectivity index (χ4n) is 1.76. The van der Waals surface area contributed by atoms with E-state index in [2.05, 4.69) is 10.4 Å². The van der Waals surface area contributed by atoms with Crippen LogP contribution in [0, 0.1) is 0 Å². The molecule has 2 heterocycles. The minimum atomic E-state index is -1.41. The second-order valence-electron chi connectivity index (χ2n) is 3.61. The number of piperidine rings is 1. The van der Waals surface area contributed by atoms with Crippen molar-refractivity contribution in [2.45, 2.75) is 18.9 Å². The Morgan fingerprint density at radius 1 is 1.43 bits per heavy atom. The summed E-state index contributed by atoms with van der Waals surface area (Å²) in [5, 5.41) is 25.3. The predicted molar refractivity (Wildman–Crippen MR) is 53.2 cm³/mol. The highest BCUT2D eigenvalue weighted by Crippen LogP contribution is 2.15. The summed E-state index contributed by atoms with van der Waals surface area (Å²) in [7, 11) is -1.41. The quantitative estimate of drug-likeness (QED) is 0.501. The van der Waals surface area contributed by atoms with Crippen LogP contribution in [-0.2, 0) is 0 Å². The van der Waals surface area contributed by atoms with Crippen molar-refractivity contribution < 1.29 is 10.0 Å². The van der Waals surface area contributed by atoms with Crippen molar-refractivity contribution in [3.63, 3.8) is 0 Å². The van der Waals surface area contributed by atoms with Gasteiger partial charge in [-0.1, -0.05) is 0 Å². The van der Waals surface area contributed by atoms with Crippen LogP contribution in [0.2, 0.25) is 0 Å². The van der Waals surface area contributed by atoms with Crippen LogP contribution in [-0.4, -0.2) is 40.0 Å². The average molecular weight is 195 g/mol.